The molecule has 0 nitrogen and oxygen atoms in total. The molecule has 1 rings (SSSR count). The lowest BCUT2D eigenvalue weighted by molar-refractivity contribution is 0.915. The molecule has 0 N–H and O–H groups in total. The van der Waals surface area contributed by atoms with E-state index >= 15 is 0 Å². The van der Waals surface area contributed by atoms with Crippen LogP contribution < -0.4 is 0 Å². The van der Waals surface area contributed by atoms with E-state index in [1.807, 2.05) is 0 Å². The van der Waals surface area contributed by atoms with Gasteiger partial charge in [-0.15, -0.1) is 0 Å². The van der Waals surface area contributed by atoms with Crippen LogP contribution in [-0.4, -0.2) is 0 Å². The summed E-state index contributed by atoms with van der Waals surface area (Å²) in [5.74, 6) is 0. The van der Waals surface area contributed by atoms with Gasteiger partial charge in [-0.2, -0.15) is 0 Å². The summed E-state index contributed by atoms with van der Waals surface area (Å²) >= 11 is 0. The lowest BCUT2D eigenvalue weighted by atomic mass is 10.0. The summed E-state index contributed by atoms with van der Waals surface area (Å²) in [6.07, 6.45) is 15.1. The molecule has 0 unspecified atom stereocenters. The zero-order chi connectivity index (χ0) is 17.8. The Bertz CT molecular complexity index is 590. The minimum Gasteiger partial charge on any atom is -0.0856 e. The summed E-state index contributed by atoms with van der Waals surface area (Å²) in [5, 5.41) is 0. The third-order valence-corrected chi connectivity index (χ3v) is 4.24. The van der Waals surface area contributed by atoms with E-state index in [-0.39, 0.29) is 0 Å². The molecule has 0 heterocycles. The number of allylic oxidation sites excluding steroid dienone is 8. The lowest BCUT2D eigenvalue weighted by Crippen LogP contribution is -1.81. The molecule has 0 aliphatic heterocycles. The fraction of sp³-hybridized carbons (Fsp3) is 0.417. The molecule has 24 heavy (non-hydrogen) atoms. The molecule has 0 aromatic heterocycles. The smallest absolute Gasteiger partial charge is 0.0161 e. The maximum Gasteiger partial charge on any atom is -0.0161 e. The van der Waals surface area contributed by atoms with Crippen molar-refractivity contribution in [2.45, 2.75) is 66.7 Å². The molecule has 0 aliphatic carbocycles. The molecule has 0 saturated heterocycles. The first kappa shape index (κ1) is 20.2. The summed E-state index contributed by atoms with van der Waals surface area (Å²) in [7, 11) is 0. The minimum absolute atomic E-state index is 1.02. The first-order valence-corrected chi connectivity index (χ1v) is 9.16. The van der Waals surface area contributed by atoms with E-state index in [0.717, 1.165) is 19.3 Å². The van der Waals surface area contributed by atoms with Crippen LogP contribution in [0.3, 0.4) is 0 Å². The molecule has 0 radical (unpaired) electrons. The number of hydrogen-bond acceptors (Lipinski definition) is 0. The molecule has 0 saturated carbocycles. The van der Waals surface area contributed by atoms with Gasteiger partial charge in [0, 0.05) is 0 Å². The monoisotopic (exact) mass is 322 g/mol. The zero-order valence-electron chi connectivity index (χ0n) is 16.2. The van der Waals surface area contributed by atoms with Gasteiger partial charge in [0.05, 0.1) is 0 Å². The third kappa shape index (κ3) is 9.35. The van der Waals surface area contributed by atoms with Crippen molar-refractivity contribution in [1.82, 2.24) is 0 Å². The first-order chi connectivity index (χ1) is 11.5. The number of rotatable bonds is 9. The average molecular weight is 323 g/mol. The van der Waals surface area contributed by atoms with E-state index in [4.69, 9.17) is 0 Å². The summed E-state index contributed by atoms with van der Waals surface area (Å²) in [6.45, 7) is 11.0. The van der Waals surface area contributed by atoms with Crippen LogP contribution in [0.5, 0.6) is 0 Å². The Morgan fingerprint density at radius 2 is 1.29 bits per heavy atom. The van der Waals surface area contributed by atoms with Crippen molar-refractivity contribution < 1.29 is 0 Å². The summed E-state index contributed by atoms with van der Waals surface area (Å²) < 4.78 is 0. The van der Waals surface area contributed by atoms with Gasteiger partial charge in [-0.3, -0.25) is 0 Å². The van der Waals surface area contributed by atoms with Gasteiger partial charge in [0.25, 0.3) is 0 Å². The van der Waals surface area contributed by atoms with E-state index in [9.17, 15) is 0 Å². The van der Waals surface area contributed by atoms with Crippen LogP contribution in [0, 0.1) is 0 Å². The molecule has 0 heteroatoms. The van der Waals surface area contributed by atoms with Gasteiger partial charge >= 0.3 is 0 Å². The van der Waals surface area contributed by atoms with Gasteiger partial charge in [0.2, 0.25) is 0 Å². The summed E-state index contributed by atoms with van der Waals surface area (Å²) in [4.78, 5) is 0. The molecular formula is C24H34. The Kier molecular flexibility index (Phi) is 9.84. The van der Waals surface area contributed by atoms with Gasteiger partial charge in [-0.1, -0.05) is 71.4 Å². The highest BCUT2D eigenvalue weighted by Crippen LogP contribution is 2.15. The van der Waals surface area contributed by atoms with Gasteiger partial charge in [0.1, 0.15) is 0 Å². The predicted molar refractivity (Wildman–Crippen MR) is 110 cm³/mol. The second-order valence-electron chi connectivity index (χ2n) is 6.95. The molecule has 0 spiro atoms. The molecular weight excluding hydrogens is 288 g/mol. The largest absolute Gasteiger partial charge is 0.0856 e. The van der Waals surface area contributed by atoms with Crippen molar-refractivity contribution in [3.8, 4) is 0 Å². The first-order valence-electron chi connectivity index (χ1n) is 9.16. The fourth-order valence-corrected chi connectivity index (χ4v) is 2.59. The fourth-order valence-electron chi connectivity index (χ4n) is 2.59. The number of hydrogen-bond donors (Lipinski definition) is 0. The van der Waals surface area contributed by atoms with Crippen molar-refractivity contribution in [1.29, 1.82) is 0 Å². The van der Waals surface area contributed by atoms with E-state index in [0.29, 0.717) is 0 Å². The second-order valence-corrected chi connectivity index (χ2v) is 6.95. The van der Waals surface area contributed by atoms with E-state index in [2.05, 4.69) is 89.3 Å². The van der Waals surface area contributed by atoms with Crippen molar-refractivity contribution in [2.75, 3.05) is 0 Å². The van der Waals surface area contributed by atoms with Crippen LogP contribution in [0.1, 0.15) is 72.3 Å². The molecule has 1 aromatic rings. The highest BCUT2D eigenvalue weighted by atomic mass is 14.0. The second kappa shape index (κ2) is 11.7. The van der Waals surface area contributed by atoms with Crippen molar-refractivity contribution >= 4 is 5.57 Å². The van der Waals surface area contributed by atoms with Crippen LogP contribution in [0.2, 0.25) is 0 Å². The Morgan fingerprint density at radius 1 is 0.708 bits per heavy atom. The Labute approximate surface area is 149 Å². The topological polar surface area (TPSA) is 0 Å². The minimum atomic E-state index is 1.02. The van der Waals surface area contributed by atoms with E-state index in [1.54, 1.807) is 0 Å². The SMILES string of the molecule is CC(C)=CCC/C(C)=C/CC/C(C)=C/C/C=C(\C)c1ccccc1. The van der Waals surface area contributed by atoms with Crippen LogP contribution in [0.15, 0.2) is 71.4 Å². The summed E-state index contributed by atoms with van der Waals surface area (Å²) in [6, 6.07) is 10.6. The lowest BCUT2D eigenvalue weighted by Gasteiger charge is -2.02. The Hall–Kier alpha value is -1.82. The van der Waals surface area contributed by atoms with E-state index < -0.39 is 0 Å². The predicted octanol–water partition coefficient (Wildman–Crippen LogP) is 7.90. The van der Waals surface area contributed by atoms with Crippen LogP contribution in [0.25, 0.3) is 5.57 Å². The summed E-state index contributed by atoms with van der Waals surface area (Å²) in [5.41, 5.74) is 7.09. The van der Waals surface area contributed by atoms with Gasteiger partial charge in [-0.05, 0) is 77.9 Å². The van der Waals surface area contributed by atoms with E-state index in [1.165, 1.54) is 40.7 Å². The Balaban J connectivity index is 2.35. The quantitative estimate of drug-likeness (QED) is 0.405. The van der Waals surface area contributed by atoms with Crippen LogP contribution in [0.4, 0.5) is 0 Å². The molecule has 130 valence electrons. The van der Waals surface area contributed by atoms with Crippen molar-refractivity contribution in [3.05, 3.63) is 76.9 Å². The highest BCUT2D eigenvalue weighted by Gasteiger charge is 1.94. The maximum absolute atomic E-state index is 2.40. The highest BCUT2D eigenvalue weighted by molar-refractivity contribution is 5.63. The molecule has 0 fully saturated rings. The van der Waals surface area contributed by atoms with Gasteiger partial charge in [-0.25, -0.2) is 0 Å². The molecule has 0 amide bonds. The third-order valence-electron chi connectivity index (χ3n) is 4.24. The van der Waals surface area contributed by atoms with Crippen LogP contribution >= 0.6 is 0 Å². The average Bonchev–Trinajstić information content (AvgIpc) is 2.55. The van der Waals surface area contributed by atoms with Crippen molar-refractivity contribution in [2.24, 2.45) is 0 Å². The molecule has 1 aromatic carbocycles. The van der Waals surface area contributed by atoms with Crippen LogP contribution in [-0.2, 0) is 0 Å². The number of benzene rings is 1. The standard InChI is InChI=1S/C24H34/c1-20(2)12-9-13-21(3)14-10-15-22(4)16-11-17-23(5)24-18-7-6-8-19-24/h6-8,12,14,16-19H,9-11,13,15H2,1-5H3/b21-14+,22-16+,23-17+. The normalized spacial score (nSPS) is 13.1. The van der Waals surface area contributed by atoms with Crippen molar-refractivity contribution in [3.63, 3.8) is 0 Å². The van der Waals surface area contributed by atoms with Gasteiger partial charge < -0.3 is 0 Å². The van der Waals surface area contributed by atoms with Gasteiger partial charge in [0.15, 0.2) is 0 Å². The molecule has 0 aliphatic rings. The Morgan fingerprint density at radius 3 is 1.92 bits per heavy atom. The molecule has 0 bridgehead atoms. The maximum atomic E-state index is 2.40. The zero-order valence-corrected chi connectivity index (χ0v) is 16.2. The molecule has 0 atom stereocenters.